The molecule has 0 saturated carbocycles. The quantitative estimate of drug-likeness (QED) is 0.0127. The van der Waals surface area contributed by atoms with E-state index in [9.17, 15) is 53.4 Å². The van der Waals surface area contributed by atoms with Crippen LogP contribution in [0.15, 0.2) is 40.9 Å². The van der Waals surface area contributed by atoms with Gasteiger partial charge in [-0.1, -0.05) is 24.6 Å². The Morgan fingerprint density at radius 1 is 0.731 bits per heavy atom. The average molecular weight is 1100 g/mol. The number of aliphatic hydroxyl groups is 1. The summed E-state index contributed by atoms with van der Waals surface area (Å²) in [7, 11) is 1.49. The molecule has 78 heavy (non-hydrogen) atoms. The van der Waals surface area contributed by atoms with Crippen molar-refractivity contribution in [3.8, 4) is 5.75 Å². The van der Waals surface area contributed by atoms with E-state index in [1.54, 1.807) is 24.3 Å². The lowest BCUT2D eigenvalue weighted by molar-refractivity contribution is -0.142. The molecule has 28 heteroatoms. The average Bonchev–Trinajstić information content (AvgIpc) is 3.93. The van der Waals surface area contributed by atoms with E-state index in [4.69, 9.17) is 50.6 Å². The van der Waals surface area contributed by atoms with E-state index in [0.717, 1.165) is 0 Å². The van der Waals surface area contributed by atoms with Crippen LogP contribution in [0.5, 0.6) is 5.75 Å². The molecule has 438 valence electrons. The van der Waals surface area contributed by atoms with Crippen LogP contribution in [0.1, 0.15) is 95.5 Å². The molecule has 1 aliphatic rings. The minimum atomic E-state index is -1.60. The van der Waals surface area contributed by atoms with Crippen LogP contribution in [0.3, 0.4) is 0 Å². The SMILES string of the molecule is COc1ccc(C[C@H](NC(=O)[C@@H]2CCCN2C(=O)[C@@H](CCCN)NC(=O)CNC(=O)[C@H](CCN)NC(=O)[C@@H](NC(=O)[C@@H](N)CCCCN)[C@@H](O)CN)C(=O)N[C@@H](CCCCN)C(=O)CC/C(=C\CCN=C(N)N)C(=O)O)cc1. The first kappa shape index (κ1) is 67.3. The zero-order valence-corrected chi connectivity index (χ0v) is 44.8. The number of carbonyl (C=O) groups excluding carboxylic acids is 8. The Morgan fingerprint density at radius 3 is 1.97 bits per heavy atom. The number of amides is 7. The predicted octanol–water partition coefficient (Wildman–Crippen LogP) is -5.21. The Bertz CT molecular complexity index is 2160. The maximum absolute atomic E-state index is 14.3. The van der Waals surface area contributed by atoms with E-state index in [1.807, 2.05) is 0 Å². The van der Waals surface area contributed by atoms with Crippen LogP contribution in [0, 0.1) is 0 Å². The van der Waals surface area contributed by atoms with Gasteiger partial charge in [-0.2, -0.15) is 0 Å². The number of aliphatic hydroxyl groups excluding tert-OH is 1. The maximum Gasteiger partial charge on any atom is 0.331 e. The van der Waals surface area contributed by atoms with E-state index in [2.05, 4.69) is 36.9 Å². The van der Waals surface area contributed by atoms with Crippen molar-refractivity contribution >= 4 is 59.1 Å². The number of methoxy groups -OCH3 is 1. The second kappa shape index (κ2) is 37.1. The second-order valence-electron chi connectivity index (χ2n) is 18.8. The molecule has 7 amide bonds. The highest BCUT2D eigenvalue weighted by Gasteiger charge is 2.40. The van der Waals surface area contributed by atoms with Crippen molar-refractivity contribution in [3.05, 3.63) is 41.5 Å². The minimum Gasteiger partial charge on any atom is -0.497 e. The molecular weight excluding hydrogens is 1020 g/mol. The number of hydrogen-bond donors (Lipinski definition) is 16. The molecule has 0 aromatic heterocycles. The number of guanidine groups is 1. The summed E-state index contributed by atoms with van der Waals surface area (Å²) in [6, 6.07) is -1.91. The first-order chi connectivity index (χ1) is 37.2. The fraction of sp³-hybridized carbons (Fsp3) is 0.640. The van der Waals surface area contributed by atoms with Crippen molar-refractivity contribution in [2.24, 2.45) is 50.9 Å². The number of likely N-dealkylation sites (tertiary alicyclic amines) is 1. The smallest absolute Gasteiger partial charge is 0.331 e. The summed E-state index contributed by atoms with van der Waals surface area (Å²) in [6.07, 6.45) is 2.94. The van der Waals surface area contributed by atoms with Gasteiger partial charge in [-0.15, -0.1) is 0 Å². The van der Waals surface area contributed by atoms with E-state index >= 15 is 0 Å². The number of nitrogens with two attached hydrogens (primary N) is 8. The van der Waals surface area contributed by atoms with Gasteiger partial charge in [0.15, 0.2) is 11.7 Å². The summed E-state index contributed by atoms with van der Waals surface area (Å²) < 4.78 is 5.28. The fourth-order valence-corrected chi connectivity index (χ4v) is 8.40. The number of aliphatic carboxylic acids is 1. The molecule has 0 spiro atoms. The van der Waals surface area contributed by atoms with Crippen molar-refractivity contribution < 1.29 is 58.1 Å². The monoisotopic (exact) mass is 1100 g/mol. The number of rotatable bonds is 39. The molecule has 0 aliphatic carbocycles. The number of ether oxygens (including phenoxy) is 1. The third-order valence-electron chi connectivity index (χ3n) is 12.8. The van der Waals surface area contributed by atoms with Crippen molar-refractivity contribution in [2.45, 2.75) is 145 Å². The molecule has 1 aromatic carbocycles. The third kappa shape index (κ3) is 24.2. The molecule has 28 nitrogen and oxygen atoms in total. The van der Waals surface area contributed by atoms with Gasteiger partial charge in [0, 0.05) is 38.0 Å². The molecule has 1 aliphatic heterocycles. The molecule has 24 N–H and O–H groups in total. The number of nitrogens with zero attached hydrogens (tertiary/aromatic N) is 2. The number of carboxylic acid groups (broad SMARTS) is 1. The Balaban J connectivity index is 2.30. The van der Waals surface area contributed by atoms with E-state index in [-0.39, 0.29) is 102 Å². The number of benzene rings is 1. The van der Waals surface area contributed by atoms with Crippen LogP contribution in [-0.4, -0.2) is 182 Å². The number of ketones is 1. The maximum atomic E-state index is 14.3. The van der Waals surface area contributed by atoms with Crippen molar-refractivity contribution in [1.29, 1.82) is 0 Å². The molecule has 1 fully saturated rings. The van der Waals surface area contributed by atoms with Crippen LogP contribution < -0.4 is 82.5 Å². The predicted molar refractivity (Wildman–Crippen MR) is 290 cm³/mol. The normalized spacial score (nSPS) is 16.0. The standard InChI is InChI=1S/C50H86N16O12/c1-78-32-17-14-30(15-18-32)27-37(45(72)62-34(11-3-5-22-52)39(67)19-16-31(49(76)77)9-7-25-59-50(57)58)64-46(73)38-13-8-26-66(38)48(75)36(12-6-23-53)61-41(69)29-60-44(71)35(20-24-54)63-47(74)42(40(68)28-55)65-43(70)33(56)10-2-4-21-51/h9,14-15,17-18,33-38,40,42,68H,2-8,10-13,16,19-29,51-56H2,1H3,(H,60,71)(H,61,69)(H,62,72)(H,63,74)(H,64,73)(H,65,70)(H,76,77)(H4,57,58,59)/b31-9+/t33-,34-,35-,36+,37-,38-,40-,42-/m0/s1. The molecule has 0 bridgehead atoms. The van der Waals surface area contributed by atoms with E-state index < -0.39 is 115 Å². The number of Topliss-reactive ketones (excluding diaryl/α,β-unsaturated/α-hetero) is 1. The molecule has 1 heterocycles. The molecular formula is C50H86N16O12. The largest absolute Gasteiger partial charge is 0.497 e. The summed E-state index contributed by atoms with van der Waals surface area (Å²) in [5.41, 5.74) is 45.7. The topological polar surface area (TPSA) is 499 Å². The van der Waals surface area contributed by atoms with Gasteiger partial charge in [0.05, 0.1) is 31.8 Å². The van der Waals surface area contributed by atoms with Crippen molar-refractivity contribution in [2.75, 3.05) is 59.5 Å². The molecule has 2 rings (SSSR count). The highest BCUT2D eigenvalue weighted by atomic mass is 16.5. The molecule has 1 aromatic rings. The lowest BCUT2D eigenvalue weighted by Crippen LogP contribution is -2.61. The third-order valence-corrected chi connectivity index (χ3v) is 12.8. The summed E-state index contributed by atoms with van der Waals surface area (Å²) in [6.45, 7) is -0.123. The Morgan fingerprint density at radius 2 is 1.37 bits per heavy atom. The van der Waals surface area contributed by atoms with Gasteiger partial charge < -0.3 is 97.6 Å². The van der Waals surface area contributed by atoms with E-state index in [0.29, 0.717) is 56.5 Å². The van der Waals surface area contributed by atoms with Crippen LogP contribution in [-0.2, 0) is 49.6 Å². The zero-order chi connectivity index (χ0) is 58.2. The lowest BCUT2D eigenvalue weighted by atomic mass is 9.97. The zero-order valence-electron chi connectivity index (χ0n) is 44.8. The molecule has 1 saturated heterocycles. The highest BCUT2D eigenvalue weighted by molar-refractivity contribution is 5.98. The van der Waals surface area contributed by atoms with Crippen LogP contribution in [0.25, 0.3) is 0 Å². The number of aliphatic imine (C=N–C) groups is 1. The van der Waals surface area contributed by atoms with E-state index in [1.165, 1.54) is 18.1 Å². The fourth-order valence-electron chi connectivity index (χ4n) is 8.40. The molecule has 8 atom stereocenters. The van der Waals surface area contributed by atoms with Gasteiger partial charge >= 0.3 is 5.97 Å². The van der Waals surface area contributed by atoms with Gasteiger partial charge in [0.1, 0.15) is 36.0 Å². The van der Waals surface area contributed by atoms with Crippen molar-refractivity contribution in [1.82, 2.24) is 36.8 Å². The Hall–Kier alpha value is -6.82. The van der Waals surface area contributed by atoms with Gasteiger partial charge in [-0.05, 0) is 121 Å². The van der Waals surface area contributed by atoms with Gasteiger partial charge in [0.25, 0.3) is 0 Å². The van der Waals surface area contributed by atoms with Crippen LogP contribution >= 0.6 is 0 Å². The van der Waals surface area contributed by atoms with Crippen LogP contribution in [0.2, 0.25) is 0 Å². The number of nitrogens with one attached hydrogen (secondary N) is 6. The van der Waals surface area contributed by atoms with Gasteiger partial charge in [-0.3, -0.25) is 43.3 Å². The van der Waals surface area contributed by atoms with Crippen LogP contribution in [0.4, 0.5) is 0 Å². The summed E-state index contributed by atoms with van der Waals surface area (Å²) in [5.74, 6) is -6.71. The molecule has 0 unspecified atom stereocenters. The summed E-state index contributed by atoms with van der Waals surface area (Å²) >= 11 is 0. The first-order valence-corrected chi connectivity index (χ1v) is 26.4. The highest BCUT2D eigenvalue weighted by Crippen LogP contribution is 2.21. The minimum absolute atomic E-state index is 0.0374. The number of unbranched alkanes of at least 4 members (excludes halogenated alkanes) is 2. The number of hydrogen-bond acceptors (Lipinski definition) is 18. The molecule has 0 radical (unpaired) electrons. The Labute approximate surface area is 455 Å². The summed E-state index contributed by atoms with van der Waals surface area (Å²) in [5, 5.41) is 35.8. The second-order valence-corrected chi connectivity index (χ2v) is 18.8. The summed E-state index contributed by atoms with van der Waals surface area (Å²) in [4.78, 5) is 127. The van der Waals surface area contributed by atoms with Crippen molar-refractivity contribution in [3.63, 3.8) is 0 Å². The van der Waals surface area contributed by atoms with Gasteiger partial charge in [-0.25, -0.2) is 4.79 Å². The number of carbonyl (C=O) groups is 9. The lowest BCUT2D eigenvalue weighted by Gasteiger charge is -2.30. The Kier molecular flexibility index (Phi) is 32.0. The number of carboxylic acids is 1. The van der Waals surface area contributed by atoms with Gasteiger partial charge in [0.2, 0.25) is 41.4 Å². The first-order valence-electron chi connectivity index (χ1n) is 26.4.